The number of thiazole rings is 1. The minimum atomic E-state index is -1.12. The summed E-state index contributed by atoms with van der Waals surface area (Å²) in [7, 11) is 1.57. The molecule has 3 heterocycles. The summed E-state index contributed by atoms with van der Waals surface area (Å²) in [6, 6.07) is 15.6. The third kappa shape index (κ3) is 4.83. The zero-order valence-electron chi connectivity index (χ0n) is 22.1. The van der Waals surface area contributed by atoms with E-state index in [1.807, 2.05) is 36.4 Å². The fraction of sp³-hybridized carbons (Fsp3) is 0.233. The van der Waals surface area contributed by atoms with Gasteiger partial charge < -0.3 is 14.2 Å². The van der Waals surface area contributed by atoms with Crippen LogP contribution in [0.3, 0.4) is 0 Å². The van der Waals surface area contributed by atoms with Gasteiger partial charge in [-0.05, 0) is 55.8 Å². The number of Topliss-reactive ketones (excluding diaryl/α,β-unsaturated/α-hetero) is 1. The van der Waals surface area contributed by atoms with E-state index in [4.69, 9.17) is 54.0 Å². The molecule has 0 radical (unpaired) electrons. The van der Waals surface area contributed by atoms with Gasteiger partial charge in [0.1, 0.15) is 29.8 Å². The van der Waals surface area contributed by atoms with E-state index in [1.54, 1.807) is 42.9 Å². The molecule has 2 aliphatic heterocycles. The van der Waals surface area contributed by atoms with Gasteiger partial charge in [-0.1, -0.05) is 70.4 Å². The average Bonchev–Trinajstić information content (AvgIpc) is 3.20. The zero-order valence-corrected chi connectivity index (χ0v) is 25.2. The van der Waals surface area contributed by atoms with Gasteiger partial charge in [-0.25, -0.2) is 4.99 Å². The standard InChI is InChI=1S/C30H23Cl3N2O5S/c1-15(36)25-26-19-6-4-5-7-23(19)40-30(25,2)34-29-35(26)28(37)24(41-29)11-16-8-9-22(38-3)17(10-16)14-39-27-20(32)12-18(31)13-21(27)33/h4-13,25-26H,14H2,1-3H3/b24-11+/t25-,26-,30+/m1/s1. The fourth-order valence-electron chi connectivity index (χ4n) is 5.53. The van der Waals surface area contributed by atoms with E-state index in [0.717, 1.165) is 16.7 Å². The zero-order chi connectivity index (χ0) is 29.1. The number of rotatable bonds is 6. The number of carbonyl (C=O) groups is 1. The van der Waals surface area contributed by atoms with Crippen molar-refractivity contribution in [1.29, 1.82) is 0 Å². The normalized spacial score (nSPS) is 20.9. The van der Waals surface area contributed by atoms with Crippen LogP contribution in [0.1, 0.15) is 36.6 Å². The van der Waals surface area contributed by atoms with Crippen LogP contribution >= 0.6 is 46.1 Å². The number of hydrogen-bond donors (Lipinski definition) is 0. The number of ether oxygens (including phenoxy) is 3. The van der Waals surface area contributed by atoms with Gasteiger partial charge in [0.15, 0.2) is 10.6 Å². The Balaban J connectivity index is 1.42. The molecule has 0 spiro atoms. The Morgan fingerprint density at radius 3 is 2.59 bits per heavy atom. The number of fused-ring (bicyclic) bond motifs is 6. The second-order valence-electron chi connectivity index (χ2n) is 9.97. The predicted molar refractivity (Wildman–Crippen MR) is 160 cm³/mol. The van der Waals surface area contributed by atoms with Crippen molar-refractivity contribution in [3.63, 3.8) is 0 Å². The Morgan fingerprint density at radius 1 is 1.15 bits per heavy atom. The third-order valence-electron chi connectivity index (χ3n) is 7.26. The number of methoxy groups -OCH3 is 1. The summed E-state index contributed by atoms with van der Waals surface area (Å²) >= 11 is 19.8. The lowest BCUT2D eigenvalue weighted by Gasteiger charge is -2.45. The molecule has 11 heteroatoms. The Bertz CT molecular complexity index is 1880. The summed E-state index contributed by atoms with van der Waals surface area (Å²) in [6.07, 6.45) is 1.79. The minimum Gasteiger partial charge on any atom is -0.496 e. The Kier molecular flexibility index (Phi) is 7.14. The van der Waals surface area contributed by atoms with E-state index in [1.165, 1.54) is 18.3 Å². The molecule has 0 unspecified atom stereocenters. The Labute approximate surface area is 254 Å². The molecule has 0 fully saturated rings. The maximum atomic E-state index is 13.9. The first-order valence-electron chi connectivity index (χ1n) is 12.6. The van der Waals surface area contributed by atoms with E-state index >= 15 is 0 Å². The highest BCUT2D eigenvalue weighted by molar-refractivity contribution is 7.07. The number of halogens is 3. The van der Waals surface area contributed by atoms with Gasteiger partial charge in [-0.2, -0.15) is 0 Å². The van der Waals surface area contributed by atoms with Crippen molar-refractivity contribution in [2.24, 2.45) is 10.9 Å². The Hall–Kier alpha value is -3.30. The summed E-state index contributed by atoms with van der Waals surface area (Å²) in [5.41, 5.74) is 0.918. The summed E-state index contributed by atoms with van der Waals surface area (Å²) in [5, 5.41) is 0.984. The van der Waals surface area contributed by atoms with Gasteiger partial charge in [0.05, 0.1) is 27.7 Å². The fourth-order valence-corrected chi connectivity index (χ4v) is 7.55. The molecule has 0 saturated carbocycles. The molecule has 3 atom stereocenters. The second-order valence-corrected chi connectivity index (χ2v) is 12.2. The maximum absolute atomic E-state index is 13.9. The molecule has 2 bridgehead atoms. The molecule has 3 aromatic carbocycles. The lowest BCUT2D eigenvalue weighted by molar-refractivity contribution is -0.132. The number of nitrogens with zero attached hydrogens (tertiary/aromatic N) is 2. The quantitative estimate of drug-likeness (QED) is 0.269. The van der Waals surface area contributed by atoms with Crippen LogP contribution < -0.4 is 29.1 Å². The number of para-hydroxylation sites is 1. The highest BCUT2D eigenvalue weighted by Crippen LogP contribution is 2.47. The van der Waals surface area contributed by atoms with Gasteiger partial charge in [-0.3, -0.25) is 14.2 Å². The van der Waals surface area contributed by atoms with Gasteiger partial charge in [0, 0.05) is 16.1 Å². The molecule has 7 nitrogen and oxygen atoms in total. The molecule has 1 aromatic heterocycles. The number of hydrogen-bond acceptors (Lipinski definition) is 7. The first kappa shape index (κ1) is 27.8. The first-order chi connectivity index (χ1) is 19.6. The van der Waals surface area contributed by atoms with Crippen LogP contribution in [-0.4, -0.2) is 23.2 Å². The van der Waals surface area contributed by atoms with Crippen LogP contribution in [0.25, 0.3) is 6.08 Å². The van der Waals surface area contributed by atoms with Crippen LogP contribution in [0.5, 0.6) is 17.2 Å². The molecule has 210 valence electrons. The van der Waals surface area contributed by atoms with Gasteiger partial charge in [0.2, 0.25) is 5.72 Å². The van der Waals surface area contributed by atoms with Crippen LogP contribution in [0.2, 0.25) is 15.1 Å². The van der Waals surface area contributed by atoms with Crippen LogP contribution in [0.15, 0.2) is 64.4 Å². The van der Waals surface area contributed by atoms with Crippen molar-refractivity contribution < 1.29 is 19.0 Å². The molecular formula is C30H23Cl3N2O5S. The van der Waals surface area contributed by atoms with Crippen molar-refractivity contribution in [3.05, 3.63) is 106 Å². The lowest BCUT2D eigenvalue weighted by atomic mass is 9.79. The molecule has 0 saturated heterocycles. The van der Waals surface area contributed by atoms with E-state index in [9.17, 15) is 9.59 Å². The molecule has 2 aliphatic rings. The molecule has 0 N–H and O–H groups in total. The largest absolute Gasteiger partial charge is 0.496 e. The topological polar surface area (TPSA) is 79.1 Å². The number of ketones is 1. The molecule has 41 heavy (non-hydrogen) atoms. The van der Waals surface area contributed by atoms with Crippen molar-refractivity contribution in [3.8, 4) is 17.2 Å². The van der Waals surface area contributed by atoms with Crippen molar-refractivity contribution in [1.82, 2.24) is 4.57 Å². The number of aromatic nitrogens is 1. The first-order valence-corrected chi connectivity index (χ1v) is 14.6. The SMILES string of the molecule is COc1ccc(/C=c2/sc3n(c2=O)[C@@H]2c4ccccc4O[C@](C)(N=3)[C@@H]2C(C)=O)cc1COc1c(Cl)cc(Cl)cc1Cl. The molecule has 4 aromatic rings. The average molecular weight is 630 g/mol. The van der Waals surface area contributed by atoms with E-state index in [-0.39, 0.29) is 17.9 Å². The van der Waals surface area contributed by atoms with Gasteiger partial charge in [0.25, 0.3) is 5.56 Å². The molecule has 0 amide bonds. The van der Waals surface area contributed by atoms with E-state index in [0.29, 0.717) is 41.7 Å². The maximum Gasteiger partial charge on any atom is 0.270 e. The van der Waals surface area contributed by atoms with Crippen molar-refractivity contribution in [2.45, 2.75) is 32.2 Å². The Morgan fingerprint density at radius 2 is 1.88 bits per heavy atom. The summed E-state index contributed by atoms with van der Waals surface area (Å²) in [4.78, 5) is 32.0. The smallest absolute Gasteiger partial charge is 0.270 e. The molecular weight excluding hydrogens is 607 g/mol. The third-order valence-corrected chi connectivity index (χ3v) is 9.02. The minimum absolute atomic E-state index is 0.0919. The van der Waals surface area contributed by atoms with E-state index in [2.05, 4.69) is 0 Å². The van der Waals surface area contributed by atoms with Crippen LogP contribution in [-0.2, 0) is 11.4 Å². The summed E-state index contributed by atoms with van der Waals surface area (Å²) in [5.74, 6) is 0.797. The molecule has 0 aliphatic carbocycles. The highest BCUT2D eigenvalue weighted by atomic mass is 35.5. The van der Waals surface area contributed by atoms with E-state index < -0.39 is 17.7 Å². The second kappa shape index (κ2) is 10.5. The number of benzene rings is 3. The van der Waals surface area contributed by atoms with Gasteiger partial charge >= 0.3 is 0 Å². The summed E-state index contributed by atoms with van der Waals surface area (Å²) in [6.45, 7) is 3.42. The highest BCUT2D eigenvalue weighted by Gasteiger charge is 2.53. The van der Waals surface area contributed by atoms with Crippen LogP contribution in [0.4, 0.5) is 0 Å². The van der Waals surface area contributed by atoms with Crippen LogP contribution in [0, 0.1) is 5.92 Å². The van der Waals surface area contributed by atoms with Gasteiger partial charge in [-0.15, -0.1) is 0 Å². The van der Waals surface area contributed by atoms with Crippen molar-refractivity contribution in [2.75, 3.05) is 7.11 Å². The number of carbonyl (C=O) groups excluding carboxylic acids is 1. The lowest BCUT2D eigenvalue weighted by Crippen LogP contribution is -2.58. The monoisotopic (exact) mass is 628 g/mol. The predicted octanol–water partition coefficient (Wildman–Crippen LogP) is 5.82. The molecule has 6 rings (SSSR count). The summed E-state index contributed by atoms with van der Waals surface area (Å²) < 4.78 is 19.8. The van der Waals surface area contributed by atoms with Crippen molar-refractivity contribution >= 4 is 58.0 Å².